The smallest absolute Gasteiger partial charge is 0.266 e. The summed E-state index contributed by atoms with van der Waals surface area (Å²) >= 11 is 1.46. The summed E-state index contributed by atoms with van der Waals surface area (Å²) in [5.74, 6) is -1.79. The third-order valence-electron chi connectivity index (χ3n) is 3.58. The molecule has 1 aliphatic carbocycles. The van der Waals surface area contributed by atoms with Crippen molar-refractivity contribution in [3.05, 3.63) is 56.8 Å². The summed E-state index contributed by atoms with van der Waals surface area (Å²) in [6.45, 7) is 0. The van der Waals surface area contributed by atoms with Crippen molar-refractivity contribution in [2.45, 2.75) is 25.7 Å². The Bertz CT molecular complexity index is 696. The molecule has 0 saturated carbocycles. The summed E-state index contributed by atoms with van der Waals surface area (Å²) in [6, 6.07) is 5.43. The molecule has 114 valence electrons. The Morgan fingerprint density at radius 1 is 1.23 bits per heavy atom. The van der Waals surface area contributed by atoms with E-state index >= 15 is 0 Å². The van der Waals surface area contributed by atoms with Gasteiger partial charge in [0.2, 0.25) is 0 Å². The molecule has 3 rings (SSSR count). The molecule has 1 aromatic heterocycles. The first-order chi connectivity index (χ1) is 10.6. The van der Waals surface area contributed by atoms with Crippen LogP contribution in [0.1, 0.15) is 38.5 Å². The van der Waals surface area contributed by atoms with Crippen LogP contribution in [-0.2, 0) is 12.8 Å². The van der Waals surface area contributed by atoms with Gasteiger partial charge in [-0.1, -0.05) is 6.07 Å². The molecule has 0 bridgehead atoms. The number of carbonyl (C=O) groups excluding carboxylic acids is 1. The van der Waals surface area contributed by atoms with E-state index in [0.717, 1.165) is 44.0 Å². The highest BCUT2D eigenvalue weighted by Crippen LogP contribution is 2.29. The van der Waals surface area contributed by atoms with Crippen LogP contribution in [0.5, 0.6) is 0 Å². The van der Waals surface area contributed by atoms with Gasteiger partial charge in [-0.3, -0.25) is 4.79 Å². The molecular weight excluding hydrogens is 306 g/mol. The van der Waals surface area contributed by atoms with Crippen LogP contribution in [0.25, 0.3) is 0 Å². The molecule has 22 heavy (non-hydrogen) atoms. The number of amides is 1. The highest BCUT2D eigenvalue weighted by Gasteiger charge is 2.16. The maximum atomic E-state index is 13.4. The van der Waals surface area contributed by atoms with Crippen molar-refractivity contribution < 1.29 is 13.6 Å². The molecule has 0 fully saturated rings. The maximum absolute atomic E-state index is 13.4. The molecule has 1 aliphatic rings. The molecule has 0 radical (unpaired) electrons. The number of fused-ring (bicyclic) bond motifs is 1. The number of nitrogens with one attached hydrogen (secondary N) is 1. The molecular formula is C16H14F2N2OS. The van der Waals surface area contributed by atoms with Crippen molar-refractivity contribution in [2.24, 2.45) is 5.10 Å². The maximum Gasteiger partial charge on any atom is 0.281 e. The van der Waals surface area contributed by atoms with E-state index in [-0.39, 0.29) is 11.5 Å². The molecule has 1 amide bonds. The van der Waals surface area contributed by atoms with Gasteiger partial charge in [0, 0.05) is 4.88 Å². The second-order valence-electron chi connectivity index (χ2n) is 5.10. The summed E-state index contributed by atoms with van der Waals surface area (Å²) in [6.07, 6.45) is 5.30. The van der Waals surface area contributed by atoms with E-state index in [2.05, 4.69) is 10.5 Å². The van der Waals surface area contributed by atoms with Crippen LogP contribution >= 0.6 is 11.3 Å². The first-order valence-corrected chi connectivity index (χ1v) is 7.86. The molecule has 6 heteroatoms. The zero-order valence-corrected chi connectivity index (χ0v) is 12.6. The lowest BCUT2D eigenvalue weighted by Gasteiger charge is -2.08. The van der Waals surface area contributed by atoms with Crippen LogP contribution in [0.4, 0.5) is 8.78 Å². The molecule has 0 aliphatic heterocycles. The van der Waals surface area contributed by atoms with Crippen LogP contribution < -0.4 is 5.43 Å². The molecule has 1 N–H and O–H groups in total. The lowest BCUT2D eigenvalue weighted by Crippen LogP contribution is -2.16. The van der Waals surface area contributed by atoms with Gasteiger partial charge in [-0.05, 0) is 49.4 Å². The monoisotopic (exact) mass is 320 g/mol. The SMILES string of the molecule is O=C(NN=Cc1c(F)cccc1F)c1cc2c(s1)CCCC2. The van der Waals surface area contributed by atoms with Gasteiger partial charge in [-0.2, -0.15) is 5.10 Å². The second kappa shape index (κ2) is 6.36. The number of hydrogen-bond donors (Lipinski definition) is 1. The Balaban J connectivity index is 1.69. The van der Waals surface area contributed by atoms with Gasteiger partial charge < -0.3 is 0 Å². The fourth-order valence-corrected chi connectivity index (χ4v) is 3.59. The third-order valence-corrected chi connectivity index (χ3v) is 4.82. The molecule has 0 unspecified atom stereocenters. The Kier molecular flexibility index (Phi) is 4.29. The van der Waals surface area contributed by atoms with E-state index in [1.54, 1.807) is 0 Å². The van der Waals surface area contributed by atoms with Crippen LogP contribution in [0, 0.1) is 11.6 Å². The van der Waals surface area contributed by atoms with E-state index in [4.69, 9.17) is 0 Å². The third kappa shape index (κ3) is 3.06. The highest BCUT2D eigenvalue weighted by atomic mass is 32.1. The van der Waals surface area contributed by atoms with Gasteiger partial charge in [0.1, 0.15) is 11.6 Å². The van der Waals surface area contributed by atoms with Crippen LogP contribution in [0.2, 0.25) is 0 Å². The normalized spacial score (nSPS) is 14.1. The summed E-state index contributed by atoms with van der Waals surface area (Å²) in [7, 11) is 0. The zero-order chi connectivity index (χ0) is 15.5. The number of benzene rings is 1. The predicted octanol–water partition coefficient (Wildman–Crippen LogP) is 3.67. The largest absolute Gasteiger partial charge is 0.281 e. The van der Waals surface area contributed by atoms with Gasteiger partial charge in [-0.25, -0.2) is 14.2 Å². The lowest BCUT2D eigenvalue weighted by molar-refractivity contribution is 0.0959. The lowest BCUT2D eigenvalue weighted by atomic mass is 9.99. The number of thiophene rings is 1. The number of carbonyl (C=O) groups is 1. The van der Waals surface area contributed by atoms with Gasteiger partial charge >= 0.3 is 0 Å². The molecule has 1 aromatic carbocycles. The topological polar surface area (TPSA) is 41.5 Å². The standard InChI is InChI=1S/C16H14F2N2OS/c17-12-5-3-6-13(18)11(12)9-19-20-16(21)15-8-10-4-1-2-7-14(10)22-15/h3,5-6,8-9H,1-2,4,7H2,(H,20,21). The Morgan fingerprint density at radius 2 is 1.95 bits per heavy atom. The van der Waals surface area contributed by atoms with Crippen LogP contribution in [0.15, 0.2) is 29.4 Å². The number of nitrogens with zero attached hydrogens (tertiary/aromatic N) is 1. The minimum atomic E-state index is -0.718. The fourth-order valence-electron chi connectivity index (χ4n) is 2.45. The summed E-state index contributed by atoms with van der Waals surface area (Å²) in [5.41, 5.74) is 3.28. The van der Waals surface area contributed by atoms with E-state index in [0.29, 0.717) is 4.88 Å². The van der Waals surface area contributed by atoms with Crippen molar-refractivity contribution >= 4 is 23.5 Å². The van der Waals surface area contributed by atoms with E-state index in [1.165, 1.54) is 27.8 Å². The van der Waals surface area contributed by atoms with Crippen LogP contribution in [0.3, 0.4) is 0 Å². The molecule has 0 spiro atoms. The number of halogens is 2. The van der Waals surface area contributed by atoms with Gasteiger partial charge in [0.05, 0.1) is 16.7 Å². The average molecular weight is 320 g/mol. The summed E-state index contributed by atoms with van der Waals surface area (Å²) in [5, 5.41) is 3.65. The highest BCUT2D eigenvalue weighted by molar-refractivity contribution is 7.14. The van der Waals surface area contributed by atoms with Crippen molar-refractivity contribution in [1.29, 1.82) is 0 Å². The molecule has 1 heterocycles. The Hall–Kier alpha value is -2.08. The second-order valence-corrected chi connectivity index (χ2v) is 6.24. The van der Waals surface area contributed by atoms with Gasteiger partial charge in [-0.15, -0.1) is 11.3 Å². The van der Waals surface area contributed by atoms with Crippen molar-refractivity contribution in [3.63, 3.8) is 0 Å². The van der Waals surface area contributed by atoms with Crippen molar-refractivity contribution in [1.82, 2.24) is 5.43 Å². The van der Waals surface area contributed by atoms with Gasteiger partial charge in [0.25, 0.3) is 5.91 Å². The van der Waals surface area contributed by atoms with Crippen LogP contribution in [-0.4, -0.2) is 12.1 Å². The van der Waals surface area contributed by atoms with E-state index in [9.17, 15) is 13.6 Å². The summed E-state index contributed by atoms with van der Waals surface area (Å²) in [4.78, 5) is 13.9. The number of rotatable bonds is 3. The minimum absolute atomic E-state index is 0.270. The number of hydrogen-bond acceptors (Lipinski definition) is 3. The molecule has 0 saturated heterocycles. The molecule has 3 nitrogen and oxygen atoms in total. The van der Waals surface area contributed by atoms with Crippen molar-refractivity contribution in [2.75, 3.05) is 0 Å². The number of aryl methyl sites for hydroxylation is 2. The minimum Gasteiger partial charge on any atom is -0.266 e. The first kappa shape index (κ1) is 14.8. The van der Waals surface area contributed by atoms with Crippen molar-refractivity contribution in [3.8, 4) is 0 Å². The van der Waals surface area contributed by atoms with E-state index in [1.807, 2.05) is 6.07 Å². The molecule has 2 aromatic rings. The summed E-state index contributed by atoms with van der Waals surface area (Å²) < 4.78 is 26.8. The Morgan fingerprint density at radius 3 is 2.68 bits per heavy atom. The number of hydrazone groups is 1. The molecule has 0 atom stereocenters. The van der Waals surface area contributed by atoms with E-state index < -0.39 is 11.6 Å². The fraction of sp³-hybridized carbons (Fsp3) is 0.250. The predicted molar refractivity (Wildman–Crippen MR) is 82.4 cm³/mol. The van der Waals surface area contributed by atoms with Gasteiger partial charge in [0.15, 0.2) is 0 Å². The zero-order valence-electron chi connectivity index (χ0n) is 11.7. The average Bonchev–Trinajstić information content (AvgIpc) is 2.94. The Labute approximate surface area is 130 Å². The first-order valence-electron chi connectivity index (χ1n) is 7.04. The quantitative estimate of drug-likeness (QED) is 0.680.